The molecule has 0 saturated heterocycles. The first-order valence-corrected chi connectivity index (χ1v) is 10.5. The molecular formula is C21H20ClN3O2S. The van der Waals surface area contributed by atoms with E-state index in [9.17, 15) is 4.79 Å². The fraction of sp³-hybridized carbons (Fsp3) is 0.286. The topological polar surface area (TPSA) is 54.8 Å². The summed E-state index contributed by atoms with van der Waals surface area (Å²) >= 11 is 8.18. The maximum absolute atomic E-state index is 12.5. The van der Waals surface area contributed by atoms with E-state index in [1.807, 2.05) is 55.6 Å². The maximum Gasteiger partial charge on any atom is 0.242 e. The van der Waals surface area contributed by atoms with E-state index < -0.39 is 0 Å². The second kappa shape index (κ2) is 7.89. The van der Waals surface area contributed by atoms with Crippen molar-refractivity contribution in [3.8, 4) is 5.75 Å². The van der Waals surface area contributed by atoms with Gasteiger partial charge in [0.25, 0.3) is 0 Å². The normalized spacial score (nSPS) is 16.5. The molecule has 0 N–H and O–H groups in total. The van der Waals surface area contributed by atoms with Crippen molar-refractivity contribution in [2.24, 2.45) is 5.10 Å². The maximum atomic E-state index is 12.5. The van der Waals surface area contributed by atoms with Gasteiger partial charge in [0.2, 0.25) is 5.91 Å². The molecule has 1 atom stereocenters. The highest BCUT2D eigenvalue weighted by atomic mass is 35.5. The molecule has 1 aliphatic heterocycles. The molecule has 0 saturated carbocycles. The Kier molecular flexibility index (Phi) is 5.33. The molecule has 5 nitrogen and oxygen atoms in total. The van der Waals surface area contributed by atoms with Crippen molar-refractivity contribution < 1.29 is 9.53 Å². The number of rotatable bonds is 5. The Morgan fingerprint density at radius 3 is 2.89 bits per heavy atom. The fourth-order valence-corrected chi connectivity index (χ4v) is 4.36. The van der Waals surface area contributed by atoms with Crippen LogP contribution in [0.2, 0.25) is 5.15 Å². The van der Waals surface area contributed by atoms with Crippen LogP contribution in [0.25, 0.3) is 10.9 Å². The molecule has 1 amide bonds. The van der Waals surface area contributed by atoms with Gasteiger partial charge in [-0.25, -0.2) is 9.99 Å². The summed E-state index contributed by atoms with van der Waals surface area (Å²) in [5.74, 6) is 0.734. The van der Waals surface area contributed by atoms with Crippen LogP contribution in [0.1, 0.15) is 43.2 Å². The van der Waals surface area contributed by atoms with Gasteiger partial charge in [0.05, 0.1) is 28.8 Å². The van der Waals surface area contributed by atoms with Crippen LogP contribution in [0.4, 0.5) is 0 Å². The number of hydrazone groups is 1. The highest BCUT2D eigenvalue weighted by Gasteiger charge is 2.34. The number of pyridine rings is 1. The van der Waals surface area contributed by atoms with Crippen LogP contribution in [0.15, 0.2) is 46.9 Å². The number of aromatic nitrogens is 1. The van der Waals surface area contributed by atoms with Crippen molar-refractivity contribution in [1.29, 1.82) is 0 Å². The number of hydrogen-bond donors (Lipinski definition) is 0. The van der Waals surface area contributed by atoms with Crippen LogP contribution in [0.5, 0.6) is 5.75 Å². The fourth-order valence-electron chi connectivity index (χ4n) is 3.37. The van der Waals surface area contributed by atoms with Crippen molar-refractivity contribution >= 4 is 45.5 Å². The van der Waals surface area contributed by atoms with Crippen LogP contribution in [0.3, 0.4) is 0 Å². The van der Waals surface area contributed by atoms with E-state index in [0.717, 1.165) is 32.8 Å². The van der Waals surface area contributed by atoms with Crippen LogP contribution in [0, 0.1) is 0 Å². The molecule has 1 aromatic carbocycles. The molecular weight excluding hydrogens is 394 g/mol. The minimum atomic E-state index is -0.250. The van der Waals surface area contributed by atoms with Gasteiger partial charge in [0.15, 0.2) is 0 Å². The van der Waals surface area contributed by atoms with Crippen molar-refractivity contribution in [2.75, 3.05) is 6.61 Å². The monoisotopic (exact) mass is 413 g/mol. The van der Waals surface area contributed by atoms with E-state index in [1.54, 1.807) is 16.3 Å². The summed E-state index contributed by atoms with van der Waals surface area (Å²) in [6, 6.07) is 11.5. The second-order valence-electron chi connectivity index (χ2n) is 6.49. The Hall–Kier alpha value is -2.44. The molecule has 0 spiro atoms. The molecule has 0 fully saturated rings. The SMILES string of the molecule is CCOc1ccc2cc(C3CC(c4cccs4)=NN3C(=O)CC)c(Cl)nc2c1. The lowest BCUT2D eigenvalue weighted by Gasteiger charge is -2.22. The highest BCUT2D eigenvalue weighted by Crippen LogP contribution is 2.38. The number of thiophene rings is 1. The van der Waals surface area contributed by atoms with Crippen molar-refractivity contribution in [2.45, 2.75) is 32.7 Å². The first kappa shape index (κ1) is 18.9. The number of nitrogens with zero attached hydrogens (tertiary/aromatic N) is 3. The third kappa shape index (κ3) is 3.50. The van der Waals surface area contributed by atoms with Gasteiger partial charge in [-0.1, -0.05) is 24.6 Å². The zero-order chi connectivity index (χ0) is 19.7. The molecule has 2 aromatic heterocycles. The van der Waals surface area contributed by atoms with Crippen molar-refractivity contribution in [3.63, 3.8) is 0 Å². The summed E-state index contributed by atoms with van der Waals surface area (Å²) in [6.07, 6.45) is 1.00. The molecule has 4 rings (SSSR count). The number of benzene rings is 1. The standard InChI is InChI=1S/C21H20ClN3O2S/c1-3-20(26)25-18(12-17(24-25)19-6-5-9-28-19)15-10-13-7-8-14(27-4-2)11-16(13)23-21(15)22/h5-11,18H,3-4,12H2,1-2H3. The molecule has 1 unspecified atom stereocenters. The smallest absolute Gasteiger partial charge is 0.242 e. The number of amides is 1. The molecule has 7 heteroatoms. The van der Waals surface area contributed by atoms with E-state index in [4.69, 9.17) is 16.3 Å². The van der Waals surface area contributed by atoms with Crippen molar-refractivity contribution in [3.05, 3.63) is 57.4 Å². The minimum Gasteiger partial charge on any atom is -0.494 e. The summed E-state index contributed by atoms with van der Waals surface area (Å²) in [5, 5.41) is 9.55. The minimum absolute atomic E-state index is 0.0283. The molecule has 0 radical (unpaired) electrons. The Morgan fingerprint density at radius 2 is 2.18 bits per heavy atom. The average molecular weight is 414 g/mol. The summed E-state index contributed by atoms with van der Waals surface area (Å²) in [5.41, 5.74) is 2.49. The van der Waals surface area contributed by atoms with Gasteiger partial charge in [-0.05, 0) is 36.6 Å². The summed E-state index contributed by atoms with van der Waals surface area (Å²) < 4.78 is 5.55. The molecule has 0 aliphatic carbocycles. The van der Waals surface area contributed by atoms with Crippen LogP contribution in [-0.4, -0.2) is 28.2 Å². The zero-order valence-corrected chi connectivity index (χ0v) is 17.3. The zero-order valence-electron chi connectivity index (χ0n) is 15.7. The Balaban J connectivity index is 1.74. The number of carbonyl (C=O) groups excluding carboxylic acids is 1. The first-order chi connectivity index (χ1) is 13.6. The number of carbonyl (C=O) groups is 1. The highest BCUT2D eigenvalue weighted by molar-refractivity contribution is 7.12. The van der Waals surface area contributed by atoms with E-state index in [-0.39, 0.29) is 11.9 Å². The lowest BCUT2D eigenvalue weighted by molar-refractivity contribution is -0.132. The van der Waals surface area contributed by atoms with Gasteiger partial charge < -0.3 is 4.74 Å². The van der Waals surface area contributed by atoms with Gasteiger partial charge in [0.1, 0.15) is 10.9 Å². The number of hydrogen-bond acceptors (Lipinski definition) is 5. The predicted octanol–water partition coefficient (Wildman–Crippen LogP) is 5.44. The molecule has 1 aliphatic rings. The summed E-state index contributed by atoms with van der Waals surface area (Å²) in [4.78, 5) is 18.2. The number of ether oxygens (including phenoxy) is 1. The molecule has 144 valence electrons. The van der Waals surface area contributed by atoms with Gasteiger partial charge >= 0.3 is 0 Å². The van der Waals surface area contributed by atoms with E-state index in [1.165, 1.54) is 0 Å². The third-order valence-corrected chi connectivity index (χ3v) is 5.94. The van der Waals surface area contributed by atoms with Crippen LogP contribution < -0.4 is 4.74 Å². The lowest BCUT2D eigenvalue weighted by atomic mass is 10.0. The number of halogens is 1. The molecule has 28 heavy (non-hydrogen) atoms. The van der Waals surface area contributed by atoms with Crippen LogP contribution in [-0.2, 0) is 4.79 Å². The Bertz CT molecular complexity index is 1050. The predicted molar refractivity (Wildman–Crippen MR) is 113 cm³/mol. The molecule has 3 aromatic rings. The van der Waals surface area contributed by atoms with E-state index in [2.05, 4.69) is 10.1 Å². The van der Waals surface area contributed by atoms with Gasteiger partial charge in [-0.15, -0.1) is 11.3 Å². The lowest BCUT2D eigenvalue weighted by Crippen LogP contribution is -2.26. The largest absolute Gasteiger partial charge is 0.494 e. The second-order valence-corrected chi connectivity index (χ2v) is 7.80. The average Bonchev–Trinajstić information content (AvgIpc) is 3.37. The van der Waals surface area contributed by atoms with Crippen molar-refractivity contribution in [1.82, 2.24) is 9.99 Å². The van der Waals surface area contributed by atoms with Gasteiger partial charge in [0, 0.05) is 29.9 Å². The molecule has 3 heterocycles. The van der Waals surface area contributed by atoms with E-state index in [0.29, 0.717) is 24.6 Å². The third-order valence-electron chi connectivity index (χ3n) is 4.71. The quantitative estimate of drug-likeness (QED) is 0.523. The Labute approximate surface area is 172 Å². The summed E-state index contributed by atoms with van der Waals surface area (Å²) in [6.45, 7) is 4.38. The number of fused-ring (bicyclic) bond motifs is 1. The van der Waals surface area contributed by atoms with Gasteiger partial charge in [-0.2, -0.15) is 5.10 Å². The van der Waals surface area contributed by atoms with Gasteiger partial charge in [-0.3, -0.25) is 4.79 Å². The Morgan fingerprint density at radius 1 is 1.32 bits per heavy atom. The van der Waals surface area contributed by atoms with Crippen LogP contribution >= 0.6 is 22.9 Å². The molecule has 0 bridgehead atoms. The summed E-state index contributed by atoms with van der Waals surface area (Å²) in [7, 11) is 0. The first-order valence-electron chi connectivity index (χ1n) is 9.27. The van der Waals surface area contributed by atoms with E-state index >= 15 is 0 Å².